The summed E-state index contributed by atoms with van der Waals surface area (Å²) < 4.78 is 5.00. The Kier molecular flexibility index (Phi) is 1.78. The lowest BCUT2D eigenvalue weighted by molar-refractivity contribution is -0.384. The Morgan fingerprint density at radius 2 is 2.07 bits per heavy atom. The summed E-state index contributed by atoms with van der Waals surface area (Å²) >= 11 is 0. The zero-order valence-corrected chi connectivity index (χ0v) is 6.97. The Morgan fingerprint density at radius 3 is 2.79 bits per heavy atom. The van der Waals surface area contributed by atoms with E-state index in [2.05, 4.69) is 0 Å². The highest BCUT2D eigenvalue weighted by atomic mass is 16.6. The van der Waals surface area contributed by atoms with Gasteiger partial charge in [-0.3, -0.25) is 14.9 Å². The van der Waals surface area contributed by atoms with Crippen molar-refractivity contribution >= 4 is 16.7 Å². The van der Waals surface area contributed by atoms with E-state index in [0.29, 0.717) is 5.58 Å². The number of nitro groups is 1. The van der Waals surface area contributed by atoms with Crippen molar-refractivity contribution in [3.63, 3.8) is 0 Å². The van der Waals surface area contributed by atoms with Gasteiger partial charge >= 0.3 is 0 Å². The van der Waals surface area contributed by atoms with Crippen LogP contribution in [0.3, 0.4) is 0 Å². The smallest absolute Gasteiger partial charge is 0.270 e. The van der Waals surface area contributed by atoms with Crippen molar-refractivity contribution in [1.29, 1.82) is 0 Å². The van der Waals surface area contributed by atoms with Gasteiger partial charge in [0, 0.05) is 18.2 Å². The molecule has 0 amide bonds. The van der Waals surface area contributed by atoms with Crippen molar-refractivity contribution in [2.24, 2.45) is 0 Å². The molecule has 0 spiro atoms. The van der Waals surface area contributed by atoms with Gasteiger partial charge in [-0.2, -0.15) is 0 Å². The van der Waals surface area contributed by atoms with Crippen LogP contribution in [0.1, 0.15) is 0 Å². The van der Waals surface area contributed by atoms with Gasteiger partial charge < -0.3 is 4.42 Å². The first-order valence-corrected chi connectivity index (χ1v) is 3.84. The fourth-order valence-electron chi connectivity index (χ4n) is 1.19. The highest BCUT2D eigenvalue weighted by Gasteiger charge is 2.08. The molecule has 0 aliphatic carbocycles. The number of rotatable bonds is 1. The van der Waals surface area contributed by atoms with Gasteiger partial charge in [-0.25, -0.2) is 0 Å². The van der Waals surface area contributed by atoms with Gasteiger partial charge in [0.25, 0.3) is 5.69 Å². The summed E-state index contributed by atoms with van der Waals surface area (Å²) in [6.07, 6.45) is 1.26. The molecule has 1 aromatic carbocycles. The Balaban J connectivity index is 2.83. The average Bonchev–Trinajstić information content (AvgIpc) is 2.18. The molecule has 5 nitrogen and oxygen atoms in total. The van der Waals surface area contributed by atoms with Crippen LogP contribution in [0.15, 0.2) is 39.7 Å². The van der Waals surface area contributed by atoms with Crippen molar-refractivity contribution < 1.29 is 9.34 Å². The lowest BCUT2D eigenvalue weighted by Gasteiger charge is -1.94. The van der Waals surface area contributed by atoms with Crippen LogP contribution >= 0.6 is 0 Å². The molecule has 2 aromatic rings. The van der Waals surface area contributed by atoms with Crippen molar-refractivity contribution in [1.82, 2.24) is 0 Å². The molecule has 5 heteroatoms. The summed E-state index contributed by atoms with van der Waals surface area (Å²) in [7, 11) is 0. The van der Waals surface area contributed by atoms with E-state index >= 15 is 0 Å². The third-order valence-corrected chi connectivity index (χ3v) is 1.85. The van der Waals surface area contributed by atoms with Crippen molar-refractivity contribution in [2.75, 3.05) is 0 Å². The Labute approximate surface area is 77.7 Å². The predicted molar refractivity (Wildman–Crippen MR) is 49.1 cm³/mol. The Hall–Kier alpha value is -2.17. The van der Waals surface area contributed by atoms with E-state index in [0.717, 1.165) is 0 Å². The minimum absolute atomic E-state index is 0.115. The third kappa shape index (κ3) is 1.24. The molecule has 0 atom stereocenters. The molecule has 2 rings (SSSR count). The van der Waals surface area contributed by atoms with E-state index in [1.165, 1.54) is 30.5 Å². The molecule has 0 saturated carbocycles. The van der Waals surface area contributed by atoms with Crippen molar-refractivity contribution in [2.45, 2.75) is 0 Å². The first-order valence-electron chi connectivity index (χ1n) is 3.84. The SMILES string of the molecule is O=c1ccoc2ccc([N+](=O)[O-])cc12. The second kappa shape index (κ2) is 2.95. The number of non-ortho nitro benzene ring substituents is 1. The number of benzene rings is 1. The number of nitrogens with zero attached hydrogens (tertiary/aromatic N) is 1. The van der Waals surface area contributed by atoms with E-state index in [4.69, 9.17) is 4.42 Å². The van der Waals surface area contributed by atoms with Crippen LogP contribution in [0.4, 0.5) is 5.69 Å². The second-order valence-corrected chi connectivity index (χ2v) is 2.72. The average molecular weight is 191 g/mol. The van der Waals surface area contributed by atoms with Crippen LogP contribution in [0.2, 0.25) is 0 Å². The van der Waals surface area contributed by atoms with Gasteiger partial charge in [0.1, 0.15) is 5.58 Å². The number of hydrogen-bond donors (Lipinski definition) is 0. The maximum Gasteiger partial charge on any atom is 0.270 e. The van der Waals surface area contributed by atoms with Gasteiger partial charge in [-0.1, -0.05) is 0 Å². The summed E-state index contributed by atoms with van der Waals surface area (Å²) in [4.78, 5) is 21.2. The topological polar surface area (TPSA) is 73.3 Å². The zero-order valence-electron chi connectivity index (χ0n) is 6.97. The molecule has 0 bridgehead atoms. The van der Waals surface area contributed by atoms with Gasteiger partial charge in [0.2, 0.25) is 0 Å². The molecule has 0 aliphatic rings. The van der Waals surface area contributed by atoms with Crippen LogP contribution in [-0.4, -0.2) is 4.92 Å². The van der Waals surface area contributed by atoms with E-state index in [9.17, 15) is 14.9 Å². The Morgan fingerprint density at radius 1 is 1.29 bits per heavy atom. The van der Waals surface area contributed by atoms with Crippen molar-refractivity contribution in [3.8, 4) is 0 Å². The van der Waals surface area contributed by atoms with Crippen LogP contribution < -0.4 is 5.43 Å². The molecular weight excluding hydrogens is 186 g/mol. The summed E-state index contributed by atoms with van der Waals surface area (Å²) in [6.45, 7) is 0. The predicted octanol–water partition coefficient (Wildman–Crippen LogP) is 1.70. The molecule has 0 saturated heterocycles. The molecule has 14 heavy (non-hydrogen) atoms. The standard InChI is InChI=1S/C9H5NO4/c11-8-3-4-14-9-2-1-6(10(12)13)5-7(8)9/h1-5H. The molecule has 0 N–H and O–H groups in total. The fraction of sp³-hybridized carbons (Fsp3) is 0. The molecule has 0 fully saturated rings. The molecule has 1 heterocycles. The van der Waals surface area contributed by atoms with Gasteiger partial charge in [0.05, 0.1) is 16.6 Å². The number of hydrogen-bond acceptors (Lipinski definition) is 4. The minimum atomic E-state index is -0.550. The highest BCUT2D eigenvalue weighted by Crippen LogP contribution is 2.17. The first kappa shape index (κ1) is 8.43. The molecule has 1 aromatic heterocycles. The Bertz CT molecular complexity index is 558. The summed E-state index contributed by atoms with van der Waals surface area (Å²) in [6, 6.07) is 5.15. The highest BCUT2D eigenvalue weighted by molar-refractivity contribution is 5.78. The quantitative estimate of drug-likeness (QED) is 0.507. The zero-order chi connectivity index (χ0) is 10.1. The van der Waals surface area contributed by atoms with Crippen LogP contribution in [0.5, 0.6) is 0 Å². The van der Waals surface area contributed by atoms with Gasteiger partial charge in [-0.05, 0) is 6.07 Å². The first-order chi connectivity index (χ1) is 6.68. The number of nitro benzene ring substituents is 1. The molecule has 0 radical (unpaired) electrons. The maximum absolute atomic E-state index is 11.3. The maximum atomic E-state index is 11.3. The minimum Gasteiger partial charge on any atom is -0.464 e. The lowest BCUT2D eigenvalue weighted by atomic mass is 10.2. The van der Waals surface area contributed by atoms with E-state index in [-0.39, 0.29) is 16.5 Å². The monoisotopic (exact) mass is 191 g/mol. The summed E-state index contributed by atoms with van der Waals surface area (Å²) in [5, 5.41) is 10.7. The molecule has 70 valence electrons. The largest absolute Gasteiger partial charge is 0.464 e. The number of fused-ring (bicyclic) bond motifs is 1. The molecule has 0 aliphatic heterocycles. The van der Waals surface area contributed by atoms with Gasteiger partial charge in [-0.15, -0.1) is 0 Å². The summed E-state index contributed by atoms with van der Waals surface area (Å²) in [5.74, 6) is 0. The molecule has 0 unspecified atom stereocenters. The third-order valence-electron chi connectivity index (χ3n) is 1.85. The van der Waals surface area contributed by atoms with Crippen LogP contribution in [0.25, 0.3) is 11.0 Å². The van der Waals surface area contributed by atoms with Crippen LogP contribution in [0, 0.1) is 10.1 Å². The van der Waals surface area contributed by atoms with Crippen LogP contribution in [-0.2, 0) is 0 Å². The van der Waals surface area contributed by atoms with Crippen molar-refractivity contribution in [3.05, 3.63) is 50.9 Å². The van der Waals surface area contributed by atoms with E-state index in [1.807, 2.05) is 0 Å². The summed E-state index contributed by atoms with van der Waals surface area (Å²) in [5.41, 5.74) is -0.0472. The molecular formula is C9H5NO4. The fourth-order valence-corrected chi connectivity index (χ4v) is 1.19. The van der Waals surface area contributed by atoms with E-state index in [1.54, 1.807) is 0 Å². The van der Waals surface area contributed by atoms with Gasteiger partial charge in [0.15, 0.2) is 5.43 Å². The lowest BCUT2D eigenvalue weighted by Crippen LogP contribution is -1.98. The second-order valence-electron chi connectivity index (χ2n) is 2.72. The van der Waals surface area contributed by atoms with E-state index < -0.39 is 4.92 Å². The normalized spacial score (nSPS) is 10.3.